The number of benzene rings is 6. The van der Waals surface area contributed by atoms with Crippen molar-refractivity contribution in [2.24, 2.45) is 0 Å². The van der Waals surface area contributed by atoms with Crippen molar-refractivity contribution in [2.45, 2.75) is 0 Å². The van der Waals surface area contributed by atoms with Crippen molar-refractivity contribution in [3.8, 4) is 31.7 Å². The van der Waals surface area contributed by atoms with Crippen LogP contribution in [0.1, 0.15) is 0 Å². The summed E-state index contributed by atoms with van der Waals surface area (Å²) in [6, 6.07) is 51.0. The molecule has 0 saturated heterocycles. The Labute approximate surface area is 277 Å². The topological polar surface area (TPSA) is 41.9 Å². The fourth-order valence-electron chi connectivity index (χ4n) is 5.74. The average molecular weight is 645 g/mol. The third-order valence-corrected chi connectivity index (χ3v) is 11.2. The SMILES string of the molecule is c1cc(-c2nc3ccccc3s2)cc(N(c2ccc(-c3nc4ccccc4s3)cc2)c2cccc(-c3nc4ccccc4s3)c2)c1. The summed E-state index contributed by atoms with van der Waals surface area (Å²) in [5, 5.41) is 3.05. The van der Waals surface area contributed by atoms with Crippen molar-refractivity contribution in [3.05, 3.63) is 146 Å². The van der Waals surface area contributed by atoms with Crippen LogP contribution >= 0.6 is 34.0 Å². The molecule has 0 unspecified atom stereocenters. The Hall–Kier alpha value is -5.21. The standard InChI is InChI=1S/C39H24N4S3/c1-4-16-34-31(13-1)40-37(44-34)25-19-21-28(22-20-25)43(29-11-7-9-26(23-29)38-41-32-14-2-5-17-35(32)45-38)30-12-8-10-27(24-30)39-42-33-15-3-6-18-36(33)46-39/h1-24H. The first-order chi connectivity index (χ1) is 22.7. The van der Waals surface area contributed by atoms with Crippen LogP contribution in [-0.4, -0.2) is 15.0 Å². The molecule has 0 aliphatic heterocycles. The highest BCUT2D eigenvalue weighted by Gasteiger charge is 2.17. The number of anilines is 3. The molecule has 0 radical (unpaired) electrons. The Bertz CT molecular complexity index is 2290. The van der Waals surface area contributed by atoms with E-state index >= 15 is 0 Å². The van der Waals surface area contributed by atoms with E-state index in [0.29, 0.717) is 0 Å². The van der Waals surface area contributed by atoms with Gasteiger partial charge in [-0.25, -0.2) is 15.0 Å². The number of thiazole rings is 3. The Morgan fingerprint density at radius 2 is 0.761 bits per heavy atom. The number of aromatic nitrogens is 3. The molecule has 0 bridgehead atoms. The molecule has 0 fully saturated rings. The molecule has 6 aromatic carbocycles. The smallest absolute Gasteiger partial charge is 0.124 e. The van der Waals surface area contributed by atoms with Gasteiger partial charge in [0.2, 0.25) is 0 Å². The van der Waals surface area contributed by atoms with Crippen LogP contribution in [-0.2, 0) is 0 Å². The minimum atomic E-state index is 1.01. The molecule has 0 aliphatic rings. The van der Waals surface area contributed by atoms with Gasteiger partial charge in [-0.3, -0.25) is 0 Å². The first-order valence-electron chi connectivity index (χ1n) is 14.9. The monoisotopic (exact) mass is 644 g/mol. The Morgan fingerprint density at radius 3 is 1.20 bits per heavy atom. The molecule has 4 nitrogen and oxygen atoms in total. The van der Waals surface area contributed by atoms with Crippen molar-refractivity contribution in [3.63, 3.8) is 0 Å². The Balaban J connectivity index is 1.16. The highest BCUT2D eigenvalue weighted by molar-refractivity contribution is 7.22. The van der Waals surface area contributed by atoms with E-state index in [0.717, 1.165) is 65.3 Å². The summed E-state index contributed by atoms with van der Waals surface area (Å²) in [6.45, 7) is 0. The summed E-state index contributed by atoms with van der Waals surface area (Å²) >= 11 is 5.17. The van der Waals surface area contributed by atoms with Gasteiger partial charge in [0, 0.05) is 33.8 Å². The van der Waals surface area contributed by atoms with Crippen molar-refractivity contribution < 1.29 is 0 Å². The fraction of sp³-hybridized carbons (Fsp3) is 0. The van der Waals surface area contributed by atoms with E-state index in [9.17, 15) is 0 Å². The van der Waals surface area contributed by atoms with Crippen LogP contribution in [0.2, 0.25) is 0 Å². The van der Waals surface area contributed by atoms with Gasteiger partial charge in [-0.2, -0.15) is 0 Å². The lowest BCUT2D eigenvalue weighted by Gasteiger charge is -2.26. The molecule has 3 aromatic heterocycles. The lowest BCUT2D eigenvalue weighted by atomic mass is 10.1. The molecule has 9 aromatic rings. The normalized spacial score (nSPS) is 11.5. The first-order valence-corrected chi connectivity index (χ1v) is 17.4. The molecule has 0 spiro atoms. The van der Waals surface area contributed by atoms with Gasteiger partial charge in [-0.1, -0.05) is 60.7 Å². The second kappa shape index (κ2) is 11.3. The lowest BCUT2D eigenvalue weighted by Crippen LogP contribution is -2.10. The average Bonchev–Trinajstić information content (AvgIpc) is 3.86. The molecule has 0 N–H and O–H groups in total. The van der Waals surface area contributed by atoms with Crippen LogP contribution in [0.4, 0.5) is 17.1 Å². The molecular weight excluding hydrogens is 621 g/mol. The van der Waals surface area contributed by atoms with E-state index in [2.05, 4.69) is 132 Å². The Kier molecular flexibility index (Phi) is 6.66. The number of para-hydroxylation sites is 3. The highest BCUT2D eigenvalue weighted by Crippen LogP contribution is 2.41. The molecular formula is C39H24N4S3. The van der Waals surface area contributed by atoms with E-state index in [-0.39, 0.29) is 0 Å². The zero-order valence-corrected chi connectivity index (χ0v) is 26.8. The minimum absolute atomic E-state index is 1.01. The van der Waals surface area contributed by atoms with Crippen molar-refractivity contribution in [2.75, 3.05) is 4.90 Å². The zero-order chi connectivity index (χ0) is 30.5. The van der Waals surface area contributed by atoms with Gasteiger partial charge in [0.15, 0.2) is 0 Å². The number of hydrogen-bond donors (Lipinski definition) is 0. The molecule has 0 aliphatic carbocycles. The summed E-state index contributed by atoms with van der Waals surface area (Å²) in [5.74, 6) is 0. The van der Waals surface area contributed by atoms with Crippen LogP contribution in [0.15, 0.2) is 146 Å². The quantitative estimate of drug-likeness (QED) is 0.181. The summed E-state index contributed by atoms with van der Waals surface area (Å²) in [6.07, 6.45) is 0. The van der Waals surface area contributed by atoms with Crippen LogP contribution in [0.5, 0.6) is 0 Å². The van der Waals surface area contributed by atoms with Crippen LogP contribution < -0.4 is 4.90 Å². The van der Waals surface area contributed by atoms with Crippen LogP contribution in [0.3, 0.4) is 0 Å². The first kappa shape index (κ1) is 27.1. The third kappa shape index (κ3) is 4.95. The van der Waals surface area contributed by atoms with E-state index in [1.807, 2.05) is 18.2 Å². The van der Waals surface area contributed by atoms with Crippen LogP contribution in [0, 0.1) is 0 Å². The number of hydrogen-bond acceptors (Lipinski definition) is 7. The Morgan fingerprint density at radius 1 is 0.348 bits per heavy atom. The van der Waals surface area contributed by atoms with Crippen molar-refractivity contribution in [1.82, 2.24) is 15.0 Å². The van der Waals surface area contributed by atoms with Gasteiger partial charge < -0.3 is 4.90 Å². The van der Waals surface area contributed by atoms with Gasteiger partial charge in [0.25, 0.3) is 0 Å². The van der Waals surface area contributed by atoms with Gasteiger partial charge in [0.1, 0.15) is 15.0 Å². The predicted molar refractivity (Wildman–Crippen MR) is 197 cm³/mol. The summed E-state index contributed by atoms with van der Waals surface area (Å²) in [5.41, 5.74) is 9.57. The molecule has 0 amide bonds. The molecule has 9 rings (SSSR count). The van der Waals surface area contributed by atoms with Gasteiger partial charge >= 0.3 is 0 Å². The molecule has 3 heterocycles. The zero-order valence-electron chi connectivity index (χ0n) is 24.4. The number of nitrogens with zero attached hydrogens (tertiary/aromatic N) is 4. The van der Waals surface area contributed by atoms with E-state index in [1.165, 1.54) is 14.1 Å². The maximum atomic E-state index is 4.95. The maximum Gasteiger partial charge on any atom is 0.124 e. The highest BCUT2D eigenvalue weighted by atomic mass is 32.1. The maximum absolute atomic E-state index is 4.95. The van der Waals surface area contributed by atoms with Gasteiger partial charge in [-0.05, 0) is 84.9 Å². The molecule has 0 atom stereocenters. The molecule has 0 saturated carbocycles. The number of rotatable bonds is 6. The molecule has 7 heteroatoms. The van der Waals surface area contributed by atoms with Crippen molar-refractivity contribution >= 4 is 81.7 Å². The van der Waals surface area contributed by atoms with E-state index in [4.69, 9.17) is 15.0 Å². The fourth-order valence-corrected chi connectivity index (χ4v) is 8.64. The van der Waals surface area contributed by atoms with Crippen molar-refractivity contribution in [1.29, 1.82) is 0 Å². The largest absolute Gasteiger partial charge is 0.310 e. The molecule has 46 heavy (non-hydrogen) atoms. The molecule has 218 valence electrons. The second-order valence-electron chi connectivity index (χ2n) is 10.9. The third-order valence-electron chi connectivity index (χ3n) is 7.96. The predicted octanol–water partition coefficient (Wildman–Crippen LogP) is 12.0. The summed E-state index contributed by atoms with van der Waals surface area (Å²) in [4.78, 5) is 17.1. The van der Waals surface area contributed by atoms with Gasteiger partial charge in [-0.15, -0.1) is 34.0 Å². The summed E-state index contributed by atoms with van der Waals surface area (Å²) in [7, 11) is 0. The number of fused-ring (bicyclic) bond motifs is 3. The van der Waals surface area contributed by atoms with Gasteiger partial charge in [0.05, 0.1) is 30.6 Å². The van der Waals surface area contributed by atoms with E-state index < -0.39 is 0 Å². The van der Waals surface area contributed by atoms with Crippen LogP contribution in [0.25, 0.3) is 62.4 Å². The minimum Gasteiger partial charge on any atom is -0.310 e. The van der Waals surface area contributed by atoms with E-state index in [1.54, 1.807) is 34.0 Å². The lowest BCUT2D eigenvalue weighted by molar-refractivity contribution is 1.28. The second-order valence-corrected chi connectivity index (χ2v) is 14.0. The summed E-state index contributed by atoms with van der Waals surface area (Å²) < 4.78 is 3.57.